The lowest BCUT2D eigenvalue weighted by Gasteiger charge is -2.30. The number of methoxy groups -OCH3 is 1. The van der Waals surface area contributed by atoms with Crippen LogP contribution >= 0.6 is 0 Å². The first kappa shape index (κ1) is 20.3. The lowest BCUT2D eigenvalue weighted by atomic mass is 9.92. The first-order valence-electron chi connectivity index (χ1n) is 10.6. The Morgan fingerprint density at radius 1 is 1.22 bits per heavy atom. The molecule has 164 valence electrons. The highest BCUT2D eigenvalue weighted by Crippen LogP contribution is 2.42. The Bertz CT molecular complexity index is 1230. The number of carboxylic acids is 1. The number of hydrogen-bond acceptors (Lipinski definition) is 6. The van der Waals surface area contributed by atoms with Crippen LogP contribution in [0.15, 0.2) is 36.4 Å². The van der Waals surface area contributed by atoms with Crippen molar-refractivity contribution in [2.75, 3.05) is 33.4 Å². The normalized spacial score (nSPS) is 16.8. The molecule has 0 saturated heterocycles. The van der Waals surface area contributed by atoms with Crippen molar-refractivity contribution in [2.24, 2.45) is 0 Å². The smallest absolute Gasteiger partial charge is 0.336 e. The minimum Gasteiger partial charge on any atom is -0.493 e. The third-order valence-corrected chi connectivity index (χ3v) is 5.93. The van der Waals surface area contributed by atoms with Gasteiger partial charge in [-0.05, 0) is 42.0 Å². The van der Waals surface area contributed by atoms with Gasteiger partial charge < -0.3 is 19.3 Å². The van der Waals surface area contributed by atoms with Crippen LogP contribution < -0.4 is 14.2 Å². The lowest BCUT2D eigenvalue weighted by Crippen LogP contribution is -2.31. The quantitative estimate of drug-likeness (QED) is 0.665. The zero-order valence-electron chi connectivity index (χ0n) is 18.1. The molecule has 7 heteroatoms. The van der Waals surface area contributed by atoms with Crippen molar-refractivity contribution < 1.29 is 24.1 Å². The molecule has 0 radical (unpaired) electrons. The molecule has 3 aromatic rings. The molecule has 0 aliphatic carbocycles. The van der Waals surface area contributed by atoms with Crippen LogP contribution in [0.5, 0.6) is 17.2 Å². The van der Waals surface area contributed by atoms with Crippen molar-refractivity contribution >= 4 is 28.5 Å². The van der Waals surface area contributed by atoms with Gasteiger partial charge in [-0.2, -0.15) is 0 Å². The van der Waals surface area contributed by atoms with Gasteiger partial charge in [-0.1, -0.05) is 25.1 Å². The van der Waals surface area contributed by atoms with Gasteiger partial charge >= 0.3 is 5.97 Å². The van der Waals surface area contributed by atoms with Crippen LogP contribution in [0.25, 0.3) is 22.6 Å². The number of carboxylic acid groups (broad SMARTS) is 1. The monoisotopic (exact) mass is 432 g/mol. The zero-order valence-corrected chi connectivity index (χ0v) is 18.1. The summed E-state index contributed by atoms with van der Waals surface area (Å²) in [5.74, 6) is 0.925. The lowest BCUT2D eigenvalue weighted by molar-refractivity contribution is 0.0696. The molecule has 3 heterocycles. The summed E-state index contributed by atoms with van der Waals surface area (Å²) in [6.07, 6.45) is 2.04. The Morgan fingerprint density at radius 3 is 2.81 bits per heavy atom. The fraction of sp³-hybridized carbons (Fsp3) is 0.280. The fourth-order valence-electron chi connectivity index (χ4n) is 4.43. The topological polar surface area (TPSA) is 81.1 Å². The molecule has 2 aliphatic heterocycles. The van der Waals surface area contributed by atoms with E-state index in [0.717, 1.165) is 28.9 Å². The van der Waals surface area contributed by atoms with Crippen LogP contribution in [0.2, 0.25) is 0 Å². The molecule has 7 nitrogen and oxygen atoms in total. The van der Waals surface area contributed by atoms with Crippen LogP contribution in [0.3, 0.4) is 0 Å². The predicted octanol–water partition coefficient (Wildman–Crippen LogP) is 4.09. The number of likely N-dealkylation sites (N-methyl/N-ethyl adjacent to an activating group) is 1. The fourth-order valence-corrected chi connectivity index (χ4v) is 4.43. The van der Waals surface area contributed by atoms with Gasteiger partial charge in [0.15, 0.2) is 11.5 Å². The molecule has 0 unspecified atom stereocenters. The molecule has 0 bridgehead atoms. The number of fused-ring (bicyclic) bond motifs is 3. The average molecular weight is 432 g/mol. The van der Waals surface area contributed by atoms with E-state index in [4.69, 9.17) is 19.2 Å². The molecule has 5 rings (SSSR count). The van der Waals surface area contributed by atoms with Gasteiger partial charge in [0.1, 0.15) is 13.2 Å². The summed E-state index contributed by atoms with van der Waals surface area (Å²) < 4.78 is 17.0. The summed E-state index contributed by atoms with van der Waals surface area (Å²) in [5, 5.41) is 10.7. The number of aromatic carboxylic acids is 1. The highest BCUT2D eigenvalue weighted by Gasteiger charge is 2.28. The second-order valence-electron chi connectivity index (χ2n) is 7.86. The maximum Gasteiger partial charge on any atom is 0.336 e. The highest BCUT2D eigenvalue weighted by molar-refractivity contribution is 6.06. The predicted molar refractivity (Wildman–Crippen MR) is 122 cm³/mol. The molecule has 2 aromatic carbocycles. The summed E-state index contributed by atoms with van der Waals surface area (Å²) >= 11 is 0. The van der Waals surface area contributed by atoms with E-state index in [9.17, 15) is 9.90 Å². The Balaban J connectivity index is 1.71. The van der Waals surface area contributed by atoms with E-state index >= 15 is 0 Å². The minimum absolute atomic E-state index is 0.328. The third-order valence-electron chi connectivity index (χ3n) is 5.93. The summed E-state index contributed by atoms with van der Waals surface area (Å²) in [7, 11) is 1.60. The number of aromatic nitrogens is 1. The largest absolute Gasteiger partial charge is 0.493 e. The molecule has 1 N–H and O–H groups in total. The molecule has 1 aromatic heterocycles. The van der Waals surface area contributed by atoms with E-state index in [1.165, 1.54) is 0 Å². The third kappa shape index (κ3) is 3.44. The first-order chi connectivity index (χ1) is 15.6. The number of pyridine rings is 1. The highest BCUT2D eigenvalue weighted by atomic mass is 16.6. The van der Waals surface area contributed by atoms with E-state index in [1.807, 2.05) is 42.5 Å². The van der Waals surface area contributed by atoms with E-state index < -0.39 is 5.97 Å². The van der Waals surface area contributed by atoms with Crippen LogP contribution in [-0.2, 0) is 6.54 Å². The van der Waals surface area contributed by atoms with Gasteiger partial charge in [0.2, 0.25) is 5.75 Å². The minimum atomic E-state index is -0.932. The molecule has 32 heavy (non-hydrogen) atoms. The maximum atomic E-state index is 12.3. The molecule has 2 aliphatic rings. The van der Waals surface area contributed by atoms with Crippen LogP contribution in [0.1, 0.15) is 34.1 Å². The number of para-hydroxylation sites is 1. The van der Waals surface area contributed by atoms with Crippen molar-refractivity contribution in [2.45, 2.75) is 13.5 Å². The van der Waals surface area contributed by atoms with Crippen LogP contribution in [0.4, 0.5) is 0 Å². The van der Waals surface area contributed by atoms with Crippen molar-refractivity contribution in [3.63, 3.8) is 0 Å². The Kier molecular flexibility index (Phi) is 5.19. The Morgan fingerprint density at radius 2 is 2.03 bits per heavy atom. The van der Waals surface area contributed by atoms with Crippen molar-refractivity contribution in [3.8, 4) is 17.2 Å². The molecule has 0 spiro atoms. The molecule has 0 atom stereocenters. The number of rotatable bonds is 4. The van der Waals surface area contributed by atoms with E-state index in [-0.39, 0.29) is 0 Å². The maximum absolute atomic E-state index is 12.3. The van der Waals surface area contributed by atoms with E-state index in [0.29, 0.717) is 60.0 Å². The molecule has 0 amide bonds. The number of nitrogens with zero attached hydrogens (tertiary/aromatic N) is 2. The number of benzene rings is 2. The molecular weight excluding hydrogens is 408 g/mol. The summed E-state index contributed by atoms with van der Waals surface area (Å²) in [4.78, 5) is 19.4. The van der Waals surface area contributed by atoms with Gasteiger partial charge in [0, 0.05) is 24.0 Å². The SMILES string of the molecule is CCN1C/C(=C\c2cc(OC)c3c(c2)OCCO3)c2nc3ccccc3c(C(=O)O)c2C1. The molecule has 0 fully saturated rings. The standard InChI is InChI=1S/C25H24N2O5/c1-3-27-13-16(10-15-11-20(30-2)24-21(12-15)31-8-9-32-24)23-18(14-27)22(25(28)29)17-6-4-5-7-19(17)26-23/h4-7,10-12H,3,8-9,13-14H2,1-2H3,(H,28,29)/b16-10+. The Hall–Kier alpha value is -3.58. The second kappa shape index (κ2) is 8.16. The Labute approximate surface area is 185 Å². The number of ether oxygens (including phenoxy) is 3. The van der Waals surface area contributed by atoms with Gasteiger partial charge in [0.25, 0.3) is 0 Å². The van der Waals surface area contributed by atoms with Gasteiger partial charge in [-0.3, -0.25) is 4.90 Å². The van der Waals surface area contributed by atoms with E-state index in [2.05, 4.69) is 11.8 Å². The van der Waals surface area contributed by atoms with Crippen molar-refractivity contribution in [1.29, 1.82) is 0 Å². The average Bonchev–Trinajstić information content (AvgIpc) is 2.81. The first-order valence-corrected chi connectivity index (χ1v) is 10.6. The number of hydrogen-bond donors (Lipinski definition) is 1. The second-order valence-corrected chi connectivity index (χ2v) is 7.86. The van der Waals surface area contributed by atoms with Gasteiger partial charge in [-0.25, -0.2) is 9.78 Å². The van der Waals surface area contributed by atoms with Crippen LogP contribution in [-0.4, -0.2) is 54.4 Å². The summed E-state index contributed by atoms with van der Waals surface area (Å²) in [6.45, 7) is 5.06. The van der Waals surface area contributed by atoms with E-state index in [1.54, 1.807) is 7.11 Å². The van der Waals surface area contributed by atoms with Crippen molar-refractivity contribution in [1.82, 2.24) is 9.88 Å². The summed E-state index contributed by atoms with van der Waals surface area (Å²) in [6, 6.07) is 11.2. The zero-order chi connectivity index (χ0) is 22.2. The van der Waals surface area contributed by atoms with Crippen LogP contribution in [0, 0.1) is 0 Å². The molecular formula is C25H24N2O5. The van der Waals surface area contributed by atoms with Crippen molar-refractivity contribution in [3.05, 3.63) is 58.8 Å². The number of carbonyl (C=O) groups is 1. The molecule has 0 saturated carbocycles. The van der Waals surface area contributed by atoms with Gasteiger partial charge in [-0.15, -0.1) is 0 Å². The summed E-state index contributed by atoms with van der Waals surface area (Å²) in [5.41, 5.74) is 4.34. The van der Waals surface area contributed by atoms with Gasteiger partial charge in [0.05, 0.1) is 23.9 Å².